The van der Waals surface area contributed by atoms with Crippen LogP contribution in [0, 0.1) is 0 Å². The minimum atomic E-state index is 0.646. The maximum Gasteiger partial charge on any atom is 0.164 e. The first-order valence-electron chi connectivity index (χ1n) is 18.5. The van der Waals surface area contributed by atoms with E-state index >= 15 is 0 Å². The van der Waals surface area contributed by atoms with Crippen LogP contribution in [0.15, 0.2) is 188 Å². The molecule has 0 unspecified atom stereocenters. The minimum absolute atomic E-state index is 0.646. The topological polar surface area (TPSA) is 38.7 Å². The first-order chi connectivity index (χ1) is 27.3. The van der Waals surface area contributed by atoms with Gasteiger partial charge in [0, 0.05) is 42.2 Å². The zero-order chi connectivity index (χ0) is 36.3. The fraction of sp³-hybridized carbons (Fsp3) is 0. The van der Waals surface area contributed by atoms with E-state index in [1.807, 2.05) is 47.7 Å². The molecule has 2 heterocycles. The molecule has 0 N–H and O–H groups in total. The van der Waals surface area contributed by atoms with Crippen LogP contribution >= 0.6 is 11.3 Å². The predicted molar refractivity (Wildman–Crippen MR) is 232 cm³/mol. The number of hydrogen-bond donors (Lipinski definition) is 0. The van der Waals surface area contributed by atoms with Crippen molar-refractivity contribution in [2.24, 2.45) is 0 Å². The number of nitrogens with zero attached hydrogens (tertiary/aromatic N) is 3. The average Bonchev–Trinajstić information content (AvgIpc) is 3.66. The van der Waals surface area contributed by atoms with Gasteiger partial charge in [0.1, 0.15) is 0 Å². The molecule has 2 aromatic heterocycles. The summed E-state index contributed by atoms with van der Waals surface area (Å²) >= 11 is 1.87. The lowest BCUT2D eigenvalue weighted by Crippen LogP contribution is -2.01. The van der Waals surface area contributed by atoms with Gasteiger partial charge in [-0.15, -0.1) is 11.3 Å². The molecular weight excluding hydrogens is 687 g/mol. The summed E-state index contributed by atoms with van der Waals surface area (Å²) < 4.78 is 2.63. The summed E-state index contributed by atoms with van der Waals surface area (Å²) in [5, 5.41) is 9.74. The van der Waals surface area contributed by atoms with Crippen molar-refractivity contribution in [3.63, 3.8) is 0 Å². The van der Waals surface area contributed by atoms with E-state index in [-0.39, 0.29) is 0 Å². The smallest absolute Gasteiger partial charge is 0.164 e. The van der Waals surface area contributed by atoms with Gasteiger partial charge in [-0.1, -0.05) is 170 Å². The van der Waals surface area contributed by atoms with E-state index < -0.39 is 0 Å². The molecule has 11 aromatic rings. The van der Waals surface area contributed by atoms with Gasteiger partial charge in [0.15, 0.2) is 17.5 Å². The van der Waals surface area contributed by atoms with Crippen molar-refractivity contribution in [2.75, 3.05) is 0 Å². The Morgan fingerprint density at radius 2 is 0.800 bits per heavy atom. The predicted octanol–water partition coefficient (Wildman–Crippen LogP) is 14.0. The molecule has 0 aliphatic heterocycles. The Bertz CT molecular complexity index is 3180. The van der Waals surface area contributed by atoms with E-state index in [2.05, 4.69) is 152 Å². The third-order valence-corrected chi connectivity index (χ3v) is 11.9. The van der Waals surface area contributed by atoms with Crippen molar-refractivity contribution in [2.45, 2.75) is 0 Å². The van der Waals surface area contributed by atoms with Crippen LogP contribution in [0.2, 0.25) is 0 Å². The largest absolute Gasteiger partial charge is 0.208 e. The Morgan fingerprint density at radius 3 is 1.47 bits per heavy atom. The van der Waals surface area contributed by atoms with Crippen molar-refractivity contribution < 1.29 is 0 Å². The van der Waals surface area contributed by atoms with Crippen LogP contribution in [-0.2, 0) is 0 Å². The van der Waals surface area contributed by atoms with Gasteiger partial charge < -0.3 is 0 Å². The average molecular weight is 718 g/mol. The van der Waals surface area contributed by atoms with Gasteiger partial charge in [0.2, 0.25) is 0 Å². The van der Waals surface area contributed by atoms with E-state index in [0.717, 1.165) is 33.2 Å². The summed E-state index contributed by atoms with van der Waals surface area (Å²) in [6.07, 6.45) is 0. The standard InChI is InChI=1S/C51H31N3S/c1-3-14-34(15-4-1)49-52-50(35-16-5-2-6-17-35)54-51(53-49)45-31-36(30-44-40-20-8-7-18-38(40)39-19-9-10-22-42(39)47(44)45)32-26-28-33(29-27-32)37-23-13-24-43-41-21-11-12-25-46(41)55-48(37)43/h1-31H. The maximum atomic E-state index is 5.25. The molecule has 0 saturated heterocycles. The van der Waals surface area contributed by atoms with Crippen molar-refractivity contribution in [3.05, 3.63) is 188 Å². The van der Waals surface area contributed by atoms with Gasteiger partial charge in [0.25, 0.3) is 0 Å². The Kier molecular flexibility index (Phi) is 7.35. The van der Waals surface area contributed by atoms with Gasteiger partial charge in [-0.25, -0.2) is 15.0 Å². The molecule has 0 atom stereocenters. The highest BCUT2D eigenvalue weighted by atomic mass is 32.1. The molecule has 0 saturated carbocycles. The number of rotatable bonds is 5. The Morgan fingerprint density at radius 1 is 0.291 bits per heavy atom. The van der Waals surface area contributed by atoms with Gasteiger partial charge in [-0.05, 0) is 67.4 Å². The van der Waals surface area contributed by atoms with Crippen molar-refractivity contribution in [1.29, 1.82) is 0 Å². The summed E-state index contributed by atoms with van der Waals surface area (Å²) in [5.74, 6) is 1.94. The van der Waals surface area contributed by atoms with Crippen LogP contribution in [-0.4, -0.2) is 15.0 Å². The minimum Gasteiger partial charge on any atom is -0.208 e. The number of benzene rings is 9. The molecule has 0 aliphatic carbocycles. The van der Waals surface area contributed by atoms with Crippen LogP contribution in [0.1, 0.15) is 0 Å². The first-order valence-corrected chi connectivity index (χ1v) is 19.3. The number of thiophene rings is 1. The molecule has 11 rings (SSSR count). The van der Waals surface area contributed by atoms with Crippen molar-refractivity contribution in [1.82, 2.24) is 15.0 Å². The maximum absolute atomic E-state index is 5.25. The number of aromatic nitrogens is 3. The molecule has 0 bridgehead atoms. The summed E-state index contributed by atoms with van der Waals surface area (Å²) in [4.78, 5) is 15.5. The lowest BCUT2D eigenvalue weighted by Gasteiger charge is -2.17. The molecule has 0 amide bonds. The second-order valence-electron chi connectivity index (χ2n) is 13.9. The van der Waals surface area contributed by atoms with Gasteiger partial charge in [0.05, 0.1) is 0 Å². The van der Waals surface area contributed by atoms with Crippen LogP contribution in [0.4, 0.5) is 0 Å². The molecule has 0 fully saturated rings. The quantitative estimate of drug-likeness (QED) is 0.166. The molecule has 0 aliphatic rings. The molecule has 256 valence electrons. The molecule has 0 radical (unpaired) electrons. The van der Waals surface area contributed by atoms with Gasteiger partial charge in [-0.3, -0.25) is 0 Å². The normalized spacial score (nSPS) is 11.6. The monoisotopic (exact) mass is 717 g/mol. The molecule has 55 heavy (non-hydrogen) atoms. The van der Waals surface area contributed by atoms with E-state index in [1.54, 1.807) is 0 Å². The zero-order valence-corrected chi connectivity index (χ0v) is 30.5. The van der Waals surface area contributed by atoms with Crippen LogP contribution in [0.5, 0.6) is 0 Å². The Balaban J connectivity index is 1.17. The van der Waals surface area contributed by atoms with Crippen LogP contribution < -0.4 is 0 Å². The van der Waals surface area contributed by atoms with Crippen molar-refractivity contribution in [3.8, 4) is 56.4 Å². The van der Waals surface area contributed by atoms with Gasteiger partial charge in [-0.2, -0.15) is 0 Å². The third-order valence-electron chi connectivity index (χ3n) is 10.7. The fourth-order valence-corrected chi connectivity index (χ4v) is 9.36. The van der Waals surface area contributed by atoms with Gasteiger partial charge >= 0.3 is 0 Å². The Labute approximate surface area is 321 Å². The summed E-state index contributed by atoms with van der Waals surface area (Å²) in [6, 6.07) is 66.9. The number of hydrogen-bond acceptors (Lipinski definition) is 4. The SMILES string of the molecule is c1ccc(-c2nc(-c3ccccc3)nc(-c3cc(-c4ccc(-c5cccc6c5sc5ccccc56)cc4)cc4c5ccccc5c5ccccc5c34)n2)cc1. The summed E-state index contributed by atoms with van der Waals surface area (Å²) in [6.45, 7) is 0. The molecule has 3 nitrogen and oxygen atoms in total. The summed E-state index contributed by atoms with van der Waals surface area (Å²) in [7, 11) is 0. The fourth-order valence-electron chi connectivity index (χ4n) is 8.12. The highest BCUT2D eigenvalue weighted by Crippen LogP contribution is 2.44. The first kappa shape index (κ1) is 31.5. The highest BCUT2D eigenvalue weighted by molar-refractivity contribution is 7.26. The summed E-state index contributed by atoms with van der Waals surface area (Å²) in [5.41, 5.74) is 7.58. The molecule has 9 aromatic carbocycles. The van der Waals surface area contributed by atoms with E-state index in [9.17, 15) is 0 Å². The third kappa shape index (κ3) is 5.30. The van der Waals surface area contributed by atoms with E-state index in [1.165, 1.54) is 58.2 Å². The molecule has 4 heteroatoms. The zero-order valence-electron chi connectivity index (χ0n) is 29.6. The van der Waals surface area contributed by atoms with Crippen molar-refractivity contribution >= 4 is 63.8 Å². The second kappa shape index (κ2) is 12.8. The number of fused-ring (bicyclic) bond motifs is 9. The van der Waals surface area contributed by atoms with Crippen LogP contribution in [0.3, 0.4) is 0 Å². The second-order valence-corrected chi connectivity index (χ2v) is 15.0. The molecule has 0 spiro atoms. The Hall–Kier alpha value is -7.01. The van der Waals surface area contributed by atoms with E-state index in [0.29, 0.717) is 17.5 Å². The highest BCUT2D eigenvalue weighted by Gasteiger charge is 2.20. The lowest BCUT2D eigenvalue weighted by molar-refractivity contribution is 1.08. The van der Waals surface area contributed by atoms with Crippen LogP contribution in [0.25, 0.3) is 109 Å². The van der Waals surface area contributed by atoms with E-state index in [4.69, 9.17) is 15.0 Å². The lowest BCUT2D eigenvalue weighted by atomic mass is 9.88. The molecular formula is C51H31N3S.